The molecule has 0 heterocycles. The lowest BCUT2D eigenvalue weighted by molar-refractivity contribution is 0.598. The molecule has 0 aromatic rings. The molecule has 0 radical (unpaired) electrons. The van der Waals surface area contributed by atoms with Gasteiger partial charge in [0.25, 0.3) is 0 Å². The molecule has 0 bridgehead atoms. The molecule has 0 aromatic heterocycles. The van der Waals surface area contributed by atoms with Crippen molar-refractivity contribution < 1.29 is 0 Å². The fourth-order valence-electron chi connectivity index (χ4n) is 0.567. The first kappa shape index (κ1) is 10.1. The summed E-state index contributed by atoms with van der Waals surface area (Å²) in [6.45, 7) is 8.59. The summed E-state index contributed by atoms with van der Waals surface area (Å²) in [6, 6.07) is 0. The monoisotopic (exact) mass is 152 g/mol. The summed E-state index contributed by atoms with van der Waals surface area (Å²) in [6.07, 6.45) is 6.31. The molecule has 0 saturated heterocycles. The lowest BCUT2D eigenvalue weighted by Gasteiger charge is -1.97. The van der Waals surface area contributed by atoms with Crippen LogP contribution in [0, 0.1) is 5.92 Å². The summed E-state index contributed by atoms with van der Waals surface area (Å²) >= 11 is 0. The van der Waals surface area contributed by atoms with Crippen molar-refractivity contribution in [1.29, 1.82) is 0 Å². The minimum atomic E-state index is 0.730. The van der Waals surface area contributed by atoms with Crippen molar-refractivity contribution >= 4 is 12.9 Å². The molecule has 0 aromatic carbocycles. The molecule has 0 spiro atoms. The molecular weight excluding hydrogens is 136 g/mol. The van der Waals surface area contributed by atoms with E-state index in [0.29, 0.717) is 0 Å². The van der Waals surface area contributed by atoms with Crippen LogP contribution < -0.4 is 0 Å². The first-order valence-electron chi connectivity index (χ1n) is 3.88. The van der Waals surface area contributed by atoms with Crippen molar-refractivity contribution in [3.8, 4) is 0 Å². The van der Waals surface area contributed by atoms with Crippen LogP contribution >= 0.6 is 0 Å². The Morgan fingerprint density at radius 1 is 1.45 bits per heavy atom. The normalized spacial score (nSPS) is 11.9. The maximum absolute atomic E-state index is 4.15. The summed E-state index contributed by atoms with van der Waals surface area (Å²) < 4.78 is 0. The van der Waals surface area contributed by atoms with E-state index in [2.05, 4.69) is 30.5 Å². The summed E-state index contributed by atoms with van der Waals surface area (Å²) in [5.41, 5.74) is 0. The summed E-state index contributed by atoms with van der Waals surface area (Å²) in [5, 5.41) is 0. The SMILES string of the molecule is C=N/C=C\C=N/CCC(C)C. The van der Waals surface area contributed by atoms with E-state index in [1.54, 1.807) is 18.5 Å². The van der Waals surface area contributed by atoms with Crippen molar-refractivity contribution in [3.63, 3.8) is 0 Å². The van der Waals surface area contributed by atoms with E-state index >= 15 is 0 Å². The van der Waals surface area contributed by atoms with E-state index < -0.39 is 0 Å². The molecule has 0 N–H and O–H groups in total. The van der Waals surface area contributed by atoms with Gasteiger partial charge < -0.3 is 0 Å². The molecule has 62 valence electrons. The van der Waals surface area contributed by atoms with Crippen LogP contribution in [-0.2, 0) is 0 Å². The third kappa shape index (κ3) is 9.08. The summed E-state index contributed by atoms with van der Waals surface area (Å²) in [7, 11) is 0. The van der Waals surface area contributed by atoms with Gasteiger partial charge in [-0.3, -0.25) is 9.98 Å². The minimum Gasteiger partial charge on any atom is -0.293 e. The Hall–Kier alpha value is -0.920. The molecule has 0 amide bonds. The van der Waals surface area contributed by atoms with Gasteiger partial charge in [0.15, 0.2) is 0 Å². The predicted molar refractivity (Wildman–Crippen MR) is 51.5 cm³/mol. The zero-order valence-corrected chi connectivity index (χ0v) is 7.33. The maximum atomic E-state index is 4.15. The molecule has 11 heavy (non-hydrogen) atoms. The van der Waals surface area contributed by atoms with Crippen LogP contribution in [0.5, 0.6) is 0 Å². The van der Waals surface area contributed by atoms with E-state index in [1.807, 2.05) is 0 Å². The highest BCUT2D eigenvalue weighted by molar-refractivity contribution is 5.70. The van der Waals surface area contributed by atoms with Gasteiger partial charge in [-0.05, 0) is 25.1 Å². The highest BCUT2D eigenvalue weighted by Gasteiger charge is 1.88. The number of hydrogen-bond donors (Lipinski definition) is 0. The molecule has 2 heteroatoms. The van der Waals surface area contributed by atoms with Crippen molar-refractivity contribution in [2.75, 3.05) is 6.54 Å². The number of hydrogen-bond acceptors (Lipinski definition) is 2. The Morgan fingerprint density at radius 2 is 2.18 bits per heavy atom. The Morgan fingerprint density at radius 3 is 2.73 bits per heavy atom. The molecule has 0 rings (SSSR count). The first-order chi connectivity index (χ1) is 5.27. The Labute approximate surface area is 68.8 Å². The highest BCUT2D eigenvalue weighted by Crippen LogP contribution is 1.97. The average Bonchev–Trinajstić information content (AvgIpc) is 1.96. The van der Waals surface area contributed by atoms with Crippen molar-refractivity contribution in [2.45, 2.75) is 20.3 Å². The lowest BCUT2D eigenvalue weighted by Crippen LogP contribution is -1.89. The van der Waals surface area contributed by atoms with Crippen LogP contribution in [0.3, 0.4) is 0 Å². The third-order valence-corrected chi connectivity index (χ3v) is 1.22. The molecule has 0 saturated carbocycles. The quantitative estimate of drug-likeness (QED) is 0.540. The van der Waals surface area contributed by atoms with Crippen LogP contribution in [0.4, 0.5) is 0 Å². The second-order valence-corrected chi connectivity index (χ2v) is 2.76. The number of rotatable bonds is 5. The van der Waals surface area contributed by atoms with Crippen LogP contribution in [0.1, 0.15) is 20.3 Å². The van der Waals surface area contributed by atoms with E-state index in [4.69, 9.17) is 0 Å². The molecule has 2 nitrogen and oxygen atoms in total. The van der Waals surface area contributed by atoms with Gasteiger partial charge in [-0.2, -0.15) is 0 Å². The average molecular weight is 152 g/mol. The molecule has 0 unspecified atom stereocenters. The molecule has 0 fully saturated rings. The number of allylic oxidation sites excluding steroid dienone is 1. The van der Waals surface area contributed by atoms with Crippen LogP contribution in [0.2, 0.25) is 0 Å². The van der Waals surface area contributed by atoms with E-state index in [-0.39, 0.29) is 0 Å². The smallest absolute Gasteiger partial charge is 0.0391 e. The van der Waals surface area contributed by atoms with Gasteiger partial charge in [0.2, 0.25) is 0 Å². The zero-order valence-electron chi connectivity index (χ0n) is 7.33. The van der Waals surface area contributed by atoms with Gasteiger partial charge in [0.05, 0.1) is 0 Å². The molecule has 0 atom stereocenters. The van der Waals surface area contributed by atoms with Crippen LogP contribution in [-0.4, -0.2) is 19.5 Å². The largest absolute Gasteiger partial charge is 0.293 e. The van der Waals surface area contributed by atoms with Gasteiger partial charge in [-0.15, -0.1) is 0 Å². The van der Waals surface area contributed by atoms with Crippen molar-refractivity contribution in [2.24, 2.45) is 15.9 Å². The summed E-state index contributed by atoms with van der Waals surface area (Å²) in [5.74, 6) is 0.730. The number of aliphatic imine (C=N–C) groups is 2. The fraction of sp³-hybridized carbons (Fsp3) is 0.556. The first-order valence-corrected chi connectivity index (χ1v) is 3.88. The molecule has 0 aliphatic carbocycles. The molecule has 0 aliphatic rings. The Bertz CT molecular complexity index is 146. The van der Waals surface area contributed by atoms with Gasteiger partial charge >= 0.3 is 0 Å². The third-order valence-electron chi connectivity index (χ3n) is 1.22. The van der Waals surface area contributed by atoms with Gasteiger partial charge in [-0.25, -0.2) is 0 Å². The van der Waals surface area contributed by atoms with Gasteiger partial charge in [0.1, 0.15) is 0 Å². The van der Waals surface area contributed by atoms with Crippen molar-refractivity contribution in [3.05, 3.63) is 12.3 Å². The van der Waals surface area contributed by atoms with Crippen molar-refractivity contribution in [1.82, 2.24) is 0 Å². The number of nitrogens with zero attached hydrogens (tertiary/aromatic N) is 2. The van der Waals surface area contributed by atoms with E-state index in [9.17, 15) is 0 Å². The fourth-order valence-corrected chi connectivity index (χ4v) is 0.567. The lowest BCUT2D eigenvalue weighted by atomic mass is 10.1. The minimum absolute atomic E-state index is 0.730. The predicted octanol–water partition coefficient (Wildman–Crippen LogP) is 2.32. The second-order valence-electron chi connectivity index (χ2n) is 2.76. The highest BCUT2D eigenvalue weighted by atomic mass is 14.7. The summed E-state index contributed by atoms with van der Waals surface area (Å²) in [4.78, 5) is 7.70. The van der Waals surface area contributed by atoms with Gasteiger partial charge in [0, 0.05) is 19.0 Å². The Balaban J connectivity index is 3.30. The standard InChI is InChI=1S/C9H16N2/c1-9(2)5-8-11-7-4-6-10-3/h4,6-7,9H,3,5,8H2,1-2H3/b6-4-,11-7-. The van der Waals surface area contributed by atoms with Crippen LogP contribution in [0.25, 0.3) is 0 Å². The van der Waals surface area contributed by atoms with Gasteiger partial charge in [-0.1, -0.05) is 13.8 Å². The zero-order chi connectivity index (χ0) is 8.53. The van der Waals surface area contributed by atoms with E-state index in [1.165, 1.54) is 0 Å². The molecule has 0 aliphatic heterocycles. The second kappa shape index (κ2) is 7.19. The van der Waals surface area contributed by atoms with E-state index in [0.717, 1.165) is 18.9 Å². The maximum Gasteiger partial charge on any atom is 0.0391 e. The topological polar surface area (TPSA) is 24.7 Å². The Kier molecular flexibility index (Phi) is 6.59. The molecular formula is C9H16N2. The van der Waals surface area contributed by atoms with Crippen LogP contribution in [0.15, 0.2) is 22.3 Å².